The largest absolute Gasteiger partial charge is 0.452 e. The summed E-state index contributed by atoms with van der Waals surface area (Å²) in [4.78, 5) is 26.5. The van der Waals surface area contributed by atoms with E-state index in [0.717, 1.165) is 12.8 Å². The highest BCUT2D eigenvalue weighted by Gasteiger charge is 2.27. The number of carbonyl (C=O) groups excluding carboxylic acids is 2. The Hall–Kier alpha value is -3.65. The number of nitrogens with one attached hydrogen (secondary N) is 1. The highest BCUT2D eigenvalue weighted by Crippen LogP contribution is 2.33. The molecule has 0 aliphatic carbocycles. The number of hydrogen-bond donors (Lipinski definition) is 1. The van der Waals surface area contributed by atoms with Crippen molar-refractivity contribution < 1.29 is 22.7 Å². The highest BCUT2D eigenvalue weighted by atomic mass is 32.2. The van der Waals surface area contributed by atoms with Crippen molar-refractivity contribution in [1.29, 1.82) is 5.26 Å². The van der Waals surface area contributed by atoms with Crippen LogP contribution in [0.2, 0.25) is 0 Å². The minimum Gasteiger partial charge on any atom is -0.452 e. The lowest BCUT2D eigenvalue weighted by Gasteiger charge is -2.15. The molecule has 1 saturated heterocycles. The Bertz CT molecular complexity index is 1410. The Morgan fingerprint density at radius 2 is 1.58 bits per heavy atom. The molecule has 8 nitrogen and oxygen atoms in total. The van der Waals surface area contributed by atoms with Crippen molar-refractivity contribution in [3.8, 4) is 6.07 Å². The molecular formula is C26H23N3O5S2. The van der Waals surface area contributed by atoms with Crippen LogP contribution in [0.1, 0.15) is 28.8 Å². The van der Waals surface area contributed by atoms with E-state index in [1.807, 2.05) is 6.07 Å². The van der Waals surface area contributed by atoms with Gasteiger partial charge in [-0.1, -0.05) is 36.0 Å². The maximum atomic E-state index is 12.7. The minimum absolute atomic E-state index is 0.168. The second-order valence-electron chi connectivity index (χ2n) is 7.97. The van der Waals surface area contributed by atoms with Gasteiger partial charge in [-0.05, 0) is 61.4 Å². The van der Waals surface area contributed by atoms with Gasteiger partial charge in [0.2, 0.25) is 10.0 Å². The number of rotatable bonds is 8. The van der Waals surface area contributed by atoms with E-state index < -0.39 is 28.5 Å². The van der Waals surface area contributed by atoms with E-state index in [-0.39, 0.29) is 10.5 Å². The van der Waals surface area contributed by atoms with Gasteiger partial charge in [0.15, 0.2) is 6.61 Å². The van der Waals surface area contributed by atoms with Gasteiger partial charge >= 0.3 is 5.97 Å². The van der Waals surface area contributed by atoms with Gasteiger partial charge in [0.25, 0.3) is 5.91 Å². The zero-order valence-electron chi connectivity index (χ0n) is 19.2. The normalized spacial score (nSPS) is 13.6. The molecule has 36 heavy (non-hydrogen) atoms. The number of nitrogens with zero attached hydrogens (tertiary/aromatic N) is 2. The van der Waals surface area contributed by atoms with Crippen LogP contribution in [0.15, 0.2) is 87.5 Å². The molecule has 1 fully saturated rings. The van der Waals surface area contributed by atoms with Gasteiger partial charge in [-0.15, -0.1) is 0 Å². The quantitative estimate of drug-likeness (QED) is 0.440. The van der Waals surface area contributed by atoms with Gasteiger partial charge in [0.05, 0.1) is 16.0 Å². The first-order chi connectivity index (χ1) is 17.4. The van der Waals surface area contributed by atoms with Crippen molar-refractivity contribution in [1.82, 2.24) is 4.31 Å². The smallest absolute Gasteiger partial charge is 0.339 e. The molecule has 0 spiro atoms. The molecule has 0 radical (unpaired) electrons. The second-order valence-corrected chi connectivity index (χ2v) is 11.0. The molecule has 0 unspecified atom stereocenters. The lowest BCUT2D eigenvalue weighted by Crippen LogP contribution is -2.27. The fourth-order valence-electron chi connectivity index (χ4n) is 3.68. The summed E-state index contributed by atoms with van der Waals surface area (Å²) in [5.41, 5.74) is 1.16. The fraction of sp³-hybridized carbons (Fsp3) is 0.192. The summed E-state index contributed by atoms with van der Waals surface area (Å²) in [6.45, 7) is 0.512. The summed E-state index contributed by atoms with van der Waals surface area (Å²) in [6.07, 6.45) is 1.70. The summed E-state index contributed by atoms with van der Waals surface area (Å²) < 4.78 is 31.9. The number of hydrogen-bond acceptors (Lipinski definition) is 7. The first kappa shape index (κ1) is 25.4. The third-order valence-electron chi connectivity index (χ3n) is 5.51. The number of amides is 1. The predicted octanol–water partition coefficient (Wildman–Crippen LogP) is 4.29. The number of benzene rings is 3. The standard InChI is InChI=1S/C26H23N3O5S2/c27-17-19-7-1-3-9-23(19)35-24-10-4-2-8-22(24)26(31)34-18-25(30)28-20-11-13-21(14-12-20)36(32,33)29-15-5-6-16-29/h1-4,7-14H,5-6,15-16,18H2,(H,28,30). The van der Waals surface area contributed by atoms with E-state index in [9.17, 15) is 23.3 Å². The zero-order valence-corrected chi connectivity index (χ0v) is 20.8. The summed E-state index contributed by atoms with van der Waals surface area (Å²) in [6, 6.07) is 21.9. The third kappa shape index (κ3) is 5.94. The molecule has 1 N–H and O–H groups in total. The monoisotopic (exact) mass is 521 g/mol. The molecular weight excluding hydrogens is 498 g/mol. The average molecular weight is 522 g/mol. The molecule has 0 saturated carbocycles. The van der Waals surface area contributed by atoms with Crippen LogP contribution in [0.5, 0.6) is 0 Å². The molecule has 1 aliphatic heterocycles. The van der Waals surface area contributed by atoms with Crippen molar-refractivity contribution in [2.24, 2.45) is 0 Å². The molecule has 10 heteroatoms. The molecule has 1 amide bonds. The van der Waals surface area contributed by atoms with Crippen molar-refractivity contribution in [2.75, 3.05) is 25.0 Å². The number of esters is 1. The van der Waals surface area contributed by atoms with Crippen LogP contribution in [0.3, 0.4) is 0 Å². The molecule has 0 atom stereocenters. The van der Waals surface area contributed by atoms with Gasteiger partial charge in [0.1, 0.15) is 6.07 Å². The Labute approximate surface area is 213 Å². The maximum Gasteiger partial charge on any atom is 0.339 e. The number of nitriles is 1. The zero-order chi connectivity index (χ0) is 25.5. The Morgan fingerprint density at radius 3 is 2.28 bits per heavy atom. The van der Waals surface area contributed by atoms with Crippen molar-refractivity contribution in [2.45, 2.75) is 27.5 Å². The first-order valence-corrected chi connectivity index (χ1v) is 13.5. The van der Waals surface area contributed by atoms with Gasteiger partial charge < -0.3 is 10.1 Å². The van der Waals surface area contributed by atoms with E-state index in [0.29, 0.717) is 34.1 Å². The molecule has 1 aliphatic rings. The number of ether oxygens (including phenoxy) is 1. The van der Waals surface area contributed by atoms with Crippen molar-refractivity contribution in [3.05, 3.63) is 83.9 Å². The van der Waals surface area contributed by atoms with Crippen molar-refractivity contribution in [3.63, 3.8) is 0 Å². The minimum atomic E-state index is -3.54. The van der Waals surface area contributed by atoms with E-state index in [1.54, 1.807) is 42.5 Å². The molecule has 4 rings (SSSR count). The van der Waals surface area contributed by atoms with Crippen molar-refractivity contribution >= 4 is 39.3 Å². The Morgan fingerprint density at radius 1 is 0.944 bits per heavy atom. The predicted molar refractivity (Wildman–Crippen MR) is 135 cm³/mol. The summed E-state index contributed by atoms with van der Waals surface area (Å²) in [7, 11) is -3.54. The van der Waals surface area contributed by atoms with Crippen LogP contribution in [0.4, 0.5) is 5.69 Å². The summed E-state index contributed by atoms with van der Waals surface area (Å²) >= 11 is 1.27. The second kappa shape index (κ2) is 11.4. The van der Waals surface area contributed by atoms with E-state index in [2.05, 4.69) is 11.4 Å². The lowest BCUT2D eigenvalue weighted by atomic mass is 10.2. The maximum absolute atomic E-state index is 12.7. The third-order valence-corrected chi connectivity index (χ3v) is 8.57. The van der Waals surface area contributed by atoms with E-state index in [1.165, 1.54) is 40.3 Å². The Kier molecular flexibility index (Phi) is 8.05. The lowest BCUT2D eigenvalue weighted by molar-refractivity contribution is -0.119. The van der Waals surface area contributed by atoms with Gasteiger partial charge in [-0.3, -0.25) is 4.79 Å². The van der Waals surface area contributed by atoms with E-state index in [4.69, 9.17) is 4.74 Å². The molecule has 1 heterocycles. The van der Waals surface area contributed by atoms with Crippen LogP contribution in [0.25, 0.3) is 0 Å². The van der Waals surface area contributed by atoms with Crippen LogP contribution in [-0.2, 0) is 19.6 Å². The molecule has 184 valence electrons. The fourth-order valence-corrected chi connectivity index (χ4v) is 6.22. The van der Waals surface area contributed by atoms with Crippen LogP contribution < -0.4 is 5.32 Å². The van der Waals surface area contributed by atoms with Gasteiger partial charge in [0, 0.05) is 28.6 Å². The summed E-state index contributed by atoms with van der Waals surface area (Å²) in [5, 5.41) is 11.9. The van der Waals surface area contributed by atoms with E-state index >= 15 is 0 Å². The molecule has 0 aromatic heterocycles. The SMILES string of the molecule is N#Cc1ccccc1Sc1ccccc1C(=O)OCC(=O)Nc1ccc(S(=O)(=O)N2CCCC2)cc1. The van der Waals surface area contributed by atoms with Crippen LogP contribution >= 0.6 is 11.8 Å². The van der Waals surface area contributed by atoms with Crippen LogP contribution in [0, 0.1) is 11.3 Å². The average Bonchev–Trinajstić information content (AvgIpc) is 3.44. The number of carbonyl (C=O) groups is 2. The Balaban J connectivity index is 1.36. The van der Waals surface area contributed by atoms with Crippen LogP contribution in [-0.4, -0.2) is 44.3 Å². The molecule has 3 aromatic carbocycles. The molecule has 0 bridgehead atoms. The summed E-state index contributed by atoms with van der Waals surface area (Å²) in [5.74, 6) is -1.23. The number of anilines is 1. The van der Waals surface area contributed by atoms with Gasteiger partial charge in [-0.2, -0.15) is 9.57 Å². The number of sulfonamides is 1. The first-order valence-electron chi connectivity index (χ1n) is 11.2. The highest BCUT2D eigenvalue weighted by molar-refractivity contribution is 7.99. The van der Waals surface area contributed by atoms with Gasteiger partial charge in [-0.25, -0.2) is 13.2 Å². The molecule has 3 aromatic rings. The topological polar surface area (TPSA) is 117 Å².